The van der Waals surface area contributed by atoms with Crippen LogP contribution in [-0.2, 0) is 16.9 Å². The first-order valence-electron chi connectivity index (χ1n) is 4.37. The first-order valence-corrected chi connectivity index (χ1v) is 6.20. The summed E-state index contributed by atoms with van der Waals surface area (Å²) in [6.45, 7) is 0. The zero-order valence-electron chi connectivity index (χ0n) is 7.81. The van der Waals surface area contributed by atoms with Crippen molar-refractivity contribution in [3.63, 3.8) is 0 Å². The van der Waals surface area contributed by atoms with Gasteiger partial charge in [0.25, 0.3) is 0 Å². The highest BCUT2D eigenvalue weighted by molar-refractivity contribution is 7.91. The summed E-state index contributed by atoms with van der Waals surface area (Å²) in [6.07, 6.45) is 5.75. The molecule has 2 rings (SSSR count). The van der Waals surface area contributed by atoms with E-state index in [1.54, 1.807) is 0 Å². The van der Waals surface area contributed by atoms with Crippen LogP contribution in [0.2, 0.25) is 0 Å². The van der Waals surface area contributed by atoms with Gasteiger partial charge in [-0.2, -0.15) is 0 Å². The van der Waals surface area contributed by atoms with Gasteiger partial charge < -0.3 is 4.57 Å². The third-order valence-corrected chi connectivity index (χ3v) is 3.74. The minimum absolute atomic E-state index is 0.424. The molecule has 1 aliphatic rings. The van der Waals surface area contributed by atoms with E-state index in [9.17, 15) is 8.42 Å². The third-order valence-electron chi connectivity index (χ3n) is 1.91. The van der Waals surface area contributed by atoms with Crippen molar-refractivity contribution in [3.05, 3.63) is 24.5 Å². The quantitative estimate of drug-likeness (QED) is 0.633. The number of sulfone groups is 1. The highest BCUT2D eigenvalue weighted by Crippen LogP contribution is 2.08. The van der Waals surface area contributed by atoms with Crippen LogP contribution in [0.25, 0.3) is 0 Å². The lowest BCUT2D eigenvalue weighted by Crippen LogP contribution is -1.98. The first-order chi connectivity index (χ1) is 6.10. The Labute approximate surface area is 79.3 Å². The summed E-state index contributed by atoms with van der Waals surface area (Å²) in [6, 6.07) is 4.00. The van der Waals surface area contributed by atoms with Crippen LogP contribution in [0.5, 0.6) is 0 Å². The highest BCUT2D eigenvalue weighted by atomic mass is 32.2. The van der Waals surface area contributed by atoms with Gasteiger partial charge in [-0.25, -0.2) is 8.42 Å². The number of aromatic nitrogens is 1. The summed E-state index contributed by atoms with van der Waals surface area (Å²) < 4.78 is 22.9. The van der Waals surface area contributed by atoms with Crippen molar-refractivity contribution in [1.29, 1.82) is 0 Å². The van der Waals surface area contributed by atoms with Gasteiger partial charge in [0, 0.05) is 19.4 Å². The average molecular weight is 201 g/mol. The maximum atomic E-state index is 10.4. The van der Waals surface area contributed by atoms with Crippen LogP contribution in [-0.4, -0.2) is 24.5 Å². The van der Waals surface area contributed by atoms with Crippen molar-refractivity contribution in [3.8, 4) is 0 Å². The molecule has 1 aliphatic heterocycles. The van der Waals surface area contributed by atoms with Crippen molar-refractivity contribution in [2.75, 3.05) is 11.5 Å². The van der Waals surface area contributed by atoms with Gasteiger partial charge in [-0.1, -0.05) is 0 Å². The Bertz CT molecular complexity index is 315. The molecule has 1 aromatic heterocycles. The topological polar surface area (TPSA) is 39.1 Å². The molecule has 13 heavy (non-hydrogen) atoms. The van der Waals surface area contributed by atoms with Gasteiger partial charge >= 0.3 is 0 Å². The van der Waals surface area contributed by atoms with E-state index < -0.39 is 9.84 Å². The molecule has 0 aromatic carbocycles. The van der Waals surface area contributed by atoms with Crippen LogP contribution >= 0.6 is 0 Å². The molecule has 2 heterocycles. The van der Waals surface area contributed by atoms with E-state index >= 15 is 0 Å². The second-order valence-electron chi connectivity index (χ2n) is 3.21. The summed E-state index contributed by atoms with van der Waals surface area (Å²) >= 11 is 0. The smallest absolute Gasteiger partial charge is 0.150 e. The Hall–Kier alpha value is -0.770. The molecule has 0 spiro atoms. The van der Waals surface area contributed by atoms with Crippen molar-refractivity contribution < 1.29 is 8.42 Å². The zero-order chi connectivity index (χ0) is 9.73. The fourth-order valence-corrected chi connectivity index (χ4v) is 2.66. The lowest BCUT2D eigenvalue weighted by Gasteiger charge is -1.81. The predicted octanol–water partition coefficient (Wildman–Crippen LogP) is 1.22. The molecule has 0 amide bonds. The van der Waals surface area contributed by atoms with Crippen LogP contribution in [0.15, 0.2) is 24.5 Å². The second kappa shape index (κ2) is 4.46. The number of rotatable bonds is 0. The molecule has 4 heteroatoms. The van der Waals surface area contributed by atoms with Gasteiger partial charge in [0.15, 0.2) is 0 Å². The van der Waals surface area contributed by atoms with Crippen LogP contribution in [0.4, 0.5) is 0 Å². The maximum Gasteiger partial charge on any atom is 0.150 e. The second-order valence-corrected chi connectivity index (χ2v) is 5.51. The molecule has 1 aromatic rings. The molecule has 0 aliphatic carbocycles. The third kappa shape index (κ3) is 4.12. The van der Waals surface area contributed by atoms with Gasteiger partial charge in [0.2, 0.25) is 0 Å². The summed E-state index contributed by atoms with van der Waals surface area (Å²) in [5, 5.41) is 0. The number of aryl methyl sites for hydroxylation is 1. The molecule has 0 saturated carbocycles. The van der Waals surface area contributed by atoms with Gasteiger partial charge in [0.1, 0.15) is 9.84 Å². The molecule has 1 fully saturated rings. The Balaban J connectivity index is 0.000000132. The molecule has 3 nitrogen and oxygen atoms in total. The van der Waals surface area contributed by atoms with E-state index in [0.717, 1.165) is 12.8 Å². The van der Waals surface area contributed by atoms with Gasteiger partial charge in [0.05, 0.1) is 11.5 Å². The summed E-state index contributed by atoms with van der Waals surface area (Å²) in [7, 11) is -0.546. The Morgan fingerprint density at radius 3 is 1.69 bits per heavy atom. The monoisotopic (exact) mass is 201 g/mol. The molecule has 0 radical (unpaired) electrons. The largest absolute Gasteiger partial charge is 0.357 e. The van der Waals surface area contributed by atoms with E-state index in [0.29, 0.717) is 11.5 Å². The Morgan fingerprint density at radius 2 is 1.54 bits per heavy atom. The van der Waals surface area contributed by atoms with Crippen LogP contribution in [0.1, 0.15) is 12.8 Å². The van der Waals surface area contributed by atoms with Crippen molar-refractivity contribution in [2.45, 2.75) is 12.8 Å². The van der Waals surface area contributed by atoms with Crippen molar-refractivity contribution >= 4 is 9.84 Å². The Kier molecular flexibility index (Phi) is 3.54. The summed E-state index contributed by atoms with van der Waals surface area (Å²) in [4.78, 5) is 0. The van der Waals surface area contributed by atoms with Gasteiger partial charge in [-0.15, -0.1) is 0 Å². The van der Waals surface area contributed by atoms with Gasteiger partial charge in [-0.05, 0) is 25.0 Å². The van der Waals surface area contributed by atoms with Gasteiger partial charge in [-0.3, -0.25) is 0 Å². The average Bonchev–Trinajstić information content (AvgIpc) is 2.62. The van der Waals surface area contributed by atoms with Crippen LogP contribution in [0.3, 0.4) is 0 Å². The molecule has 0 unspecified atom stereocenters. The van der Waals surface area contributed by atoms with E-state index in [2.05, 4.69) is 0 Å². The minimum atomic E-state index is -2.55. The molecule has 0 N–H and O–H groups in total. The lowest BCUT2D eigenvalue weighted by atomic mass is 10.4. The highest BCUT2D eigenvalue weighted by Gasteiger charge is 2.16. The maximum absolute atomic E-state index is 10.4. The minimum Gasteiger partial charge on any atom is -0.357 e. The van der Waals surface area contributed by atoms with Crippen LogP contribution < -0.4 is 0 Å². The van der Waals surface area contributed by atoms with E-state index in [-0.39, 0.29) is 0 Å². The van der Waals surface area contributed by atoms with Crippen LogP contribution in [0, 0.1) is 0 Å². The molecule has 0 atom stereocenters. The number of nitrogens with zero attached hydrogens (tertiary/aromatic N) is 1. The first kappa shape index (κ1) is 10.3. The van der Waals surface area contributed by atoms with E-state index in [4.69, 9.17) is 0 Å². The molecule has 74 valence electrons. The van der Waals surface area contributed by atoms with Crippen molar-refractivity contribution in [1.82, 2.24) is 4.57 Å². The summed E-state index contributed by atoms with van der Waals surface area (Å²) in [5.41, 5.74) is 0. The fraction of sp³-hybridized carbons (Fsp3) is 0.556. The molecular weight excluding hydrogens is 186 g/mol. The number of hydrogen-bond acceptors (Lipinski definition) is 2. The predicted molar refractivity (Wildman–Crippen MR) is 53.3 cm³/mol. The number of hydrogen-bond donors (Lipinski definition) is 0. The molecular formula is C9H15NO2S. The fourth-order valence-electron chi connectivity index (χ4n) is 1.17. The normalized spacial score (nSPS) is 19.2. The van der Waals surface area contributed by atoms with Crippen molar-refractivity contribution in [2.24, 2.45) is 7.05 Å². The summed E-state index contributed by atoms with van der Waals surface area (Å²) in [5.74, 6) is 0.847. The molecule has 0 bridgehead atoms. The lowest BCUT2D eigenvalue weighted by molar-refractivity contribution is 0.602. The molecule has 1 saturated heterocycles. The Morgan fingerprint density at radius 1 is 1.08 bits per heavy atom. The van der Waals surface area contributed by atoms with E-state index in [1.165, 1.54) is 0 Å². The SMILES string of the molecule is Cn1cccc1.O=S1(=O)CCCC1. The standard InChI is InChI=1S/C5H7N.C4H8O2S/c1-6-4-2-3-5-6;5-7(6)3-1-2-4-7/h2-5H,1H3;1-4H2. The zero-order valence-corrected chi connectivity index (χ0v) is 8.63. The van der Waals surface area contributed by atoms with E-state index in [1.807, 2.05) is 36.1 Å².